The van der Waals surface area contributed by atoms with Crippen molar-refractivity contribution >= 4 is 11.3 Å². The summed E-state index contributed by atoms with van der Waals surface area (Å²) in [5, 5.41) is 0. The molecule has 19 heavy (non-hydrogen) atoms. The number of nitrogens with zero attached hydrogens (tertiary/aromatic N) is 4. The van der Waals surface area contributed by atoms with E-state index in [0.717, 1.165) is 37.8 Å². The highest BCUT2D eigenvalue weighted by molar-refractivity contribution is 7.09. The van der Waals surface area contributed by atoms with Crippen LogP contribution in [-0.4, -0.2) is 39.5 Å². The maximum Gasteiger partial charge on any atom is 0.125 e. The summed E-state index contributed by atoms with van der Waals surface area (Å²) in [6, 6.07) is 1.94. The van der Waals surface area contributed by atoms with Crippen molar-refractivity contribution in [2.75, 3.05) is 19.7 Å². The molecule has 0 radical (unpaired) electrons. The monoisotopic (exact) mass is 276 g/mol. The fourth-order valence-electron chi connectivity index (χ4n) is 2.22. The van der Waals surface area contributed by atoms with Gasteiger partial charge in [0.2, 0.25) is 0 Å². The van der Waals surface area contributed by atoms with Crippen molar-refractivity contribution in [1.29, 1.82) is 0 Å². The normalized spacial score (nSPS) is 20.6. The number of aromatic nitrogens is 3. The largest absolute Gasteiger partial charge is 0.369 e. The second-order valence-corrected chi connectivity index (χ2v) is 5.56. The van der Waals surface area contributed by atoms with Gasteiger partial charge in [-0.05, 0) is 13.0 Å². The lowest BCUT2D eigenvalue weighted by Crippen LogP contribution is -2.38. The lowest BCUT2D eigenvalue weighted by Gasteiger charge is -2.32. The molecule has 2 aromatic heterocycles. The number of thiazole rings is 1. The molecular weight excluding hydrogens is 260 g/mol. The van der Waals surface area contributed by atoms with Crippen LogP contribution in [0, 0.1) is 6.92 Å². The number of rotatable bonds is 3. The third-order valence-electron chi connectivity index (χ3n) is 3.14. The maximum absolute atomic E-state index is 5.82. The molecule has 2 aromatic rings. The molecule has 0 saturated carbocycles. The van der Waals surface area contributed by atoms with E-state index in [2.05, 4.69) is 19.9 Å². The van der Waals surface area contributed by atoms with Crippen molar-refractivity contribution < 1.29 is 4.74 Å². The molecule has 5 nitrogen and oxygen atoms in total. The third kappa shape index (κ3) is 3.15. The fourth-order valence-corrected chi connectivity index (χ4v) is 2.86. The highest BCUT2D eigenvalue weighted by Crippen LogP contribution is 2.22. The van der Waals surface area contributed by atoms with E-state index in [1.54, 1.807) is 17.5 Å². The minimum absolute atomic E-state index is 0.0448. The van der Waals surface area contributed by atoms with Gasteiger partial charge in [0, 0.05) is 36.9 Å². The summed E-state index contributed by atoms with van der Waals surface area (Å²) in [7, 11) is 0. The second-order valence-electron chi connectivity index (χ2n) is 4.59. The molecule has 100 valence electrons. The Bertz CT molecular complexity index is 531. The van der Waals surface area contributed by atoms with Crippen molar-refractivity contribution in [3.05, 3.63) is 40.4 Å². The summed E-state index contributed by atoms with van der Waals surface area (Å²) in [5.41, 5.74) is 2.85. The predicted molar refractivity (Wildman–Crippen MR) is 72.9 cm³/mol. The van der Waals surface area contributed by atoms with Gasteiger partial charge in [-0.1, -0.05) is 0 Å². The molecule has 1 fully saturated rings. The Morgan fingerprint density at radius 2 is 2.47 bits per heavy atom. The topological polar surface area (TPSA) is 51.1 Å². The average Bonchev–Trinajstić information content (AvgIpc) is 2.92. The van der Waals surface area contributed by atoms with E-state index in [-0.39, 0.29) is 6.10 Å². The van der Waals surface area contributed by atoms with Crippen LogP contribution in [0.1, 0.15) is 22.5 Å². The Hall–Kier alpha value is -1.37. The van der Waals surface area contributed by atoms with Crippen LogP contribution in [0.3, 0.4) is 0 Å². The van der Waals surface area contributed by atoms with E-state index in [1.807, 2.05) is 24.7 Å². The molecule has 1 atom stereocenters. The molecule has 1 aliphatic rings. The summed E-state index contributed by atoms with van der Waals surface area (Å²) in [6.07, 6.45) is 3.77. The predicted octanol–water partition coefficient (Wildman–Crippen LogP) is 1.82. The minimum atomic E-state index is 0.0448. The Morgan fingerprint density at radius 3 is 3.26 bits per heavy atom. The molecule has 3 heterocycles. The number of morpholine rings is 1. The first-order valence-corrected chi connectivity index (χ1v) is 7.20. The van der Waals surface area contributed by atoms with Crippen molar-refractivity contribution in [2.45, 2.75) is 19.6 Å². The van der Waals surface area contributed by atoms with Crippen LogP contribution in [0.15, 0.2) is 24.0 Å². The lowest BCUT2D eigenvalue weighted by atomic mass is 10.2. The number of hydrogen-bond acceptors (Lipinski definition) is 6. The van der Waals surface area contributed by atoms with Crippen LogP contribution in [0.2, 0.25) is 0 Å². The van der Waals surface area contributed by atoms with E-state index >= 15 is 0 Å². The molecule has 0 bridgehead atoms. The Balaban J connectivity index is 1.67. The molecule has 6 heteroatoms. The van der Waals surface area contributed by atoms with Gasteiger partial charge in [-0.25, -0.2) is 9.97 Å². The SMILES string of the molecule is Cc1nccc([C@@H]2CN(Cc3cncs3)CCO2)n1. The second kappa shape index (κ2) is 5.73. The van der Waals surface area contributed by atoms with Gasteiger partial charge in [0.15, 0.2) is 0 Å². The van der Waals surface area contributed by atoms with Gasteiger partial charge in [0.25, 0.3) is 0 Å². The Labute approximate surface area is 116 Å². The molecule has 0 unspecified atom stereocenters. The molecule has 3 rings (SSSR count). The maximum atomic E-state index is 5.82. The van der Waals surface area contributed by atoms with Gasteiger partial charge in [-0.15, -0.1) is 11.3 Å². The summed E-state index contributed by atoms with van der Waals surface area (Å²) < 4.78 is 5.82. The third-order valence-corrected chi connectivity index (χ3v) is 3.91. The standard InChI is InChI=1S/C13H16N4OS/c1-10-15-3-2-12(16-10)13-8-17(4-5-18-13)7-11-6-14-9-19-11/h2-3,6,9,13H,4-5,7-8H2,1H3/t13-/m0/s1. The molecule has 0 spiro atoms. The van der Waals surface area contributed by atoms with E-state index < -0.39 is 0 Å². The number of hydrogen-bond donors (Lipinski definition) is 0. The van der Waals surface area contributed by atoms with Gasteiger partial charge in [0.05, 0.1) is 17.8 Å². The zero-order valence-corrected chi connectivity index (χ0v) is 11.6. The lowest BCUT2D eigenvalue weighted by molar-refractivity contribution is -0.0348. The first kappa shape index (κ1) is 12.7. The molecule has 0 aromatic carbocycles. The van der Waals surface area contributed by atoms with Gasteiger partial charge < -0.3 is 4.74 Å². The molecule has 0 N–H and O–H groups in total. The number of aryl methyl sites for hydroxylation is 1. The zero-order chi connectivity index (χ0) is 13.1. The number of ether oxygens (including phenoxy) is 1. The first-order valence-electron chi connectivity index (χ1n) is 6.32. The Morgan fingerprint density at radius 1 is 1.53 bits per heavy atom. The van der Waals surface area contributed by atoms with E-state index in [0.29, 0.717) is 0 Å². The van der Waals surface area contributed by atoms with Crippen LogP contribution in [-0.2, 0) is 11.3 Å². The summed E-state index contributed by atoms with van der Waals surface area (Å²) in [4.78, 5) is 16.4. The van der Waals surface area contributed by atoms with Crippen LogP contribution < -0.4 is 0 Å². The van der Waals surface area contributed by atoms with Crippen LogP contribution in [0.4, 0.5) is 0 Å². The summed E-state index contributed by atoms with van der Waals surface area (Å²) in [6.45, 7) is 5.41. The van der Waals surface area contributed by atoms with E-state index in [1.165, 1.54) is 4.88 Å². The van der Waals surface area contributed by atoms with Crippen LogP contribution >= 0.6 is 11.3 Å². The minimum Gasteiger partial charge on any atom is -0.369 e. The highest BCUT2D eigenvalue weighted by Gasteiger charge is 2.23. The highest BCUT2D eigenvalue weighted by atomic mass is 32.1. The average molecular weight is 276 g/mol. The van der Waals surface area contributed by atoms with Crippen LogP contribution in [0.25, 0.3) is 0 Å². The van der Waals surface area contributed by atoms with Gasteiger partial charge >= 0.3 is 0 Å². The Kier molecular flexibility index (Phi) is 3.82. The quantitative estimate of drug-likeness (QED) is 0.856. The zero-order valence-electron chi connectivity index (χ0n) is 10.8. The van der Waals surface area contributed by atoms with Crippen molar-refractivity contribution in [3.8, 4) is 0 Å². The summed E-state index contributed by atoms with van der Waals surface area (Å²) in [5.74, 6) is 0.792. The molecule has 0 amide bonds. The van der Waals surface area contributed by atoms with Crippen LogP contribution in [0.5, 0.6) is 0 Å². The molecule has 1 saturated heterocycles. The van der Waals surface area contributed by atoms with Crippen molar-refractivity contribution in [3.63, 3.8) is 0 Å². The smallest absolute Gasteiger partial charge is 0.125 e. The van der Waals surface area contributed by atoms with E-state index in [9.17, 15) is 0 Å². The summed E-state index contributed by atoms with van der Waals surface area (Å²) >= 11 is 1.70. The van der Waals surface area contributed by atoms with Gasteiger partial charge in [0.1, 0.15) is 11.9 Å². The van der Waals surface area contributed by atoms with Gasteiger partial charge in [-0.2, -0.15) is 0 Å². The molecular formula is C13H16N4OS. The molecule has 0 aliphatic carbocycles. The first-order chi connectivity index (χ1) is 9.31. The van der Waals surface area contributed by atoms with Crippen molar-refractivity contribution in [2.24, 2.45) is 0 Å². The van der Waals surface area contributed by atoms with Crippen molar-refractivity contribution in [1.82, 2.24) is 19.9 Å². The van der Waals surface area contributed by atoms with E-state index in [4.69, 9.17) is 4.74 Å². The molecule has 1 aliphatic heterocycles. The van der Waals surface area contributed by atoms with Gasteiger partial charge in [-0.3, -0.25) is 9.88 Å². The fraction of sp³-hybridized carbons (Fsp3) is 0.462.